The van der Waals surface area contributed by atoms with E-state index in [1.165, 1.54) is 5.56 Å². The van der Waals surface area contributed by atoms with E-state index < -0.39 is 0 Å². The number of hydrogen-bond acceptors (Lipinski definition) is 3. The van der Waals surface area contributed by atoms with Crippen LogP contribution in [0.25, 0.3) is 0 Å². The lowest BCUT2D eigenvalue weighted by molar-refractivity contribution is 0.0634. The van der Waals surface area contributed by atoms with E-state index in [0.29, 0.717) is 0 Å². The summed E-state index contributed by atoms with van der Waals surface area (Å²) in [4.78, 5) is 19.1. The smallest absolute Gasteiger partial charge is 0.254 e. The van der Waals surface area contributed by atoms with E-state index in [4.69, 9.17) is 0 Å². The van der Waals surface area contributed by atoms with E-state index >= 15 is 0 Å². The number of benzene rings is 1. The van der Waals surface area contributed by atoms with Gasteiger partial charge < -0.3 is 10.2 Å². The van der Waals surface area contributed by atoms with Gasteiger partial charge in [-0.2, -0.15) is 0 Å². The Bertz CT molecular complexity index is 639. The molecule has 4 heteroatoms. The van der Waals surface area contributed by atoms with E-state index in [1.807, 2.05) is 35.4 Å². The molecule has 1 aliphatic heterocycles. The first kappa shape index (κ1) is 15.7. The van der Waals surface area contributed by atoms with E-state index in [2.05, 4.69) is 29.4 Å². The number of carbonyl (C=O) groups excluding carboxylic acids is 1. The van der Waals surface area contributed by atoms with Gasteiger partial charge in [-0.15, -0.1) is 0 Å². The maximum atomic E-state index is 12.9. The van der Waals surface area contributed by atoms with Crippen LogP contribution >= 0.6 is 0 Å². The lowest BCUT2D eigenvalue weighted by Crippen LogP contribution is -2.48. The molecule has 3 rings (SSSR count). The number of nitrogens with one attached hydrogen (secondary N) is 1. The molecule has 1 atom stereocenters. The Hall–Kier alpha value is -2.20. The van der Waals surface area contributed by atoms with Crippen LogP contribution in [0.3, 0.4) is 0 Å². The van der Waals surface area contributed by atoms with Crippen molar-refractivity contribution in [3.63, 3.8) is 0 Å². The fourth-order valence-electron chi connectivity index (χ4n) is 3.09. The molecule has 1 aromatic heterocycles. The number of aromatic nitrogens is 1. The summed E-state index contributed by atoms with van der Waals surface area (Å²) in [6.07, 6.45) is 5.79. The van der Waals surface area contributed by atoms with E-state index in [9.17, 15) is 4.79 Å². The minimum absolute atomic E-state index is 0.0419. The Morgan fingerprint density at radius 3 is 2.83 bits per heavy atom. The summed E-state index contributed by atoms with van der Waals surface area (Å²) in [6, 6.07) is 12.0. The standard InChI is InChI=1S/C19H23N3O/c1-2-4-15-6-8-16(9-7-15)19(23)22-12-11-21-14-18(22)17-5-3-10-20-13-17/h3,5-10,13,18,21H,2,4,11-12,14H2,1H3. The van der Waals surface area contributed by atoms with Gasteiger partial charge in [0, 0.05) is 37.6 Å². The van der Waals surface area contributed by atoms with Crippen molar-refractivity contribution in [2.24, 2.45) is 0 Å². The van der Waals surface area contributed by atoms with Gasteiger partial charge in [0.15, 0.2) is 0 Å². The predicted molar refractivity (Wildman–Crippen MR) is 91.3 cm³/mol. The number of hydrogen-bond donors (Lipinski definition) is 1. The molecule has 1 aromatic carbocycles. The summed E-state index contributed by atoms with van der Waals surface area (Å²) in [5.41, 5.74) is 3.13. The van der Waals surface area contributed by atoms with Crippen molar-refractivity contribution < 1.29 is 4.79 Å². The molecule has 2 heterocycles. The molecule has 1 unspecified atom stereocenters. The summed E-state index contributed by atoms with van der Waals surface area (Å²) in [7, 11) is 0. The van der Waals surface area contributed by atoms with Crippen molar-refractivity contribution in [1.29, 1.82) is 0 Å². The lowest BCUT2D eigenvalue weighted by Gasteiger charge is -2.36. The first-order valence-corrected chi connectivity index (χ1v) is 8.30. The molecule has 0 bridgehead atoms. The first-order valence-electron chi connectivity index (χ1n) is 8.30. The van der Waals surface area contributed by atoms with Crippen LogP contribution in [-0.4, -0.2) is 35.4 Å². The maximum absolute atomic E-state index is 12.9. The van der Waals surface area contributed by atoms with Gasteiger partial charge in [-0.1, -0.05) is 31.5 Å². The monoisotopic (exact) mass is 309 g/mol. The van der Waals surface area contributed by atoms with Gasteiger partial charge in [0.25, 0.3) is 5.91 Å². The molecule has 1 aliphatic rings. The Morgan fingerprint density at radius 2 is 2.13 bits per heavy atom. The van der Waals surface area contributed by atoms with E-state index in [1.54, 1.807) is 6.20 Å². The van der Waals surface area contributed by atoms with Crippen molar-refractivity contribution in [1.82, 2.24) is 15.2 Å². The van der Waals surface area contributed by atoms with E-state index in [-0.39, 0.29) is 11.9 Å². The molecule has 4 nitrogen and oxygen atoms in total. The molecule has 1 N–H and O–H groups in total. The zero-order valence-corrected chi connectivity index (χ0v) is 13.5. The lowest BCUT2D eigenvalue weighted by atomic mass is 10.0. The van der Waals surface area contributed by atoms with E-state index in [0.717, 1.165) is 43.6 Å². The van der Waals surface area contributed by atoms with Crippen LogP contribution in [0.5, 0.6) is 0 Å². The van der Waals surface area contributed by atoms with Gasteiger partial charge >= 0.3 is 0 Å². The maximum Gasteiger partial charge on any atom is 0.254 e. The average Bonchev–Trinajstić information content (AvgIpc) is 2.63. The molecule has 0 spiro atoms. The SMILES string of the molecule is CCCc1ccc(C(=O)N2CCNCC2c2cccnc2)cc1. The Labute approximate surface area is 137 Å². The molecule has 2 aromatic rings. The van der Waals surface area contributed by atoms with Gasteiger partial charge in [0.1, 0.15) is 0 Å². The topological polar surface area (TPSA) is 45.2 Å². The minimum Gasteiger partial charge on any atom is -0.329 e. The zero-order chi connectivity index (χ0) is 16.1. The second-order valence-corrected chi connectivity index (χ2v) is 5.95. The second-order valence-electron chi connectivity index (χ2n) is 5.95. The molecule has 0 aliphatic carbocycles. The first-order chi connectivity index (χ1) is 11.3. The number of nitrogens with zero attached hydrogens (tertiary/aromatic N) is 2. The largest absolute Gasteiger partial charge is 0.329 e. The Balaban J connectivity index is 1.81. The van der Waals surface area contributed by atoms with Crippen LogP contribution in [0.1, 0.15) is 40.9 Å². The fourth-order valence-corrected chi connectivity index (χ4v) is 3.09. The van der Waals surface area contributed by atoms with Gasteiger partial charge in [0.2, 0.25) is 0 Å². The van der Waals surface area contributed by atoms with Crippen molar-refractivity contribution in [3.8, 4) is 0 Å². The van der Waals surface area contributed by atoms with Crippen molar-refractivity contribution in [2.75, 3.05) is 19.6 Å². The number of carbonyl (C=O) groups is 1. The van der Waals surface area contributed by atoms with Crippen LogP contribution in [0, 0.1) is 0 Å². The molecule has 1 amide bonds. The number of pyridine rings is 1. The molecular weight excluding hydrogens is 286 g/mol. The van der Waals surface area contributed by atoms with Crippen molar-refractivity contribution >= 4 is 5.91 Å². The molecule has 1 fully saturated rings. The summed E-state index contributed by atoms with van der Waals surface area (Å²) < 4.78 is 0. The predicted octanol–water partition coefficient (Wildman–Crippen LogP) is 2.82. The molecular formula is C19H23N3O. The Kier molecular flexibility index (Phi) is 5.03. The van der Waals surface area contributed by atoms with Crippen molar-refractivity contribution in [2.45, 2.75) is 25.8 Å². The van der Waals surface area contributed by atoms with Gasteiger partial charge in [-0.3, -0.25) is 9.78 Å². The third-order valence-corrected chi connectivity index (χ3v) is 4.31. The van der Waals surface area contributed by atoms with Crippen molar-refractivity contribution in [3.05, 3.63) is 65.5 Å². The minimum atomic E-state index is 0.0419. The molecule has 1 saturated heterocycles. The summed E-state index contributed by atoms with van der Waals surface area (Å²) in [5.74, 6) is 0.100. The highest BCUT2D eigenvalue weighted by Gasteiger charge is 2.28. The van der Waals surface area contributed by atoms with Crippen LogP contribution in [0.4, 0.5) is 0 Å². The normalized spacial score (nSPS) is 18.0. The molecule has 120 valence electrons. The van der Waals surface area contributed by atoms with Gasteiger partial charge in [0.05, 0.1) is 6.04 Å². The highest BCUT2D eigenvalue weighted by molar-refractivity contribution is 5.94. The van der Waals surface area contributed by atoms with Crippen LogP contribution in [0.2, 0.25) is 0 Å². The number of amides is 1. The quantitative estimate of drug-likeness (QED) is 0.944. The average molecular weight is 309 g/mol. The number of piperazine rings is 1. The third-order valence-electron chi connectivity index (χ3n) is 4.31. The number of aryl methyl sites for hydroxylation is 1. The fraction of sp³-hybridized carbons (Fsp3) is 0.368. The van der Waals surface area contributed by atoms with Crippen LogP contribution < -0.4 is 5.32 Å². The Morgan fingerprint density at radius 1 is 1.30 bits per heavy atom. The molecule has 0 radical (unpaired) electrons. The zero-order valence-electron chi connectivity index (χ0n) is 13.5. The second kappa shape index (κ2) is 7.38. The summed E-state index contributed by atoms with van der Waals surface area (Å²) >= 11 is 0. The highest BCUT2D eigenvalue weighted by Crippen LogP contribution is 2.23. The molecule has 0 saturated carbocycles. The third kappa shape index (κ3) is 3.59. The number of rotatable bonds is 4. The van der Waals surface area contributed by atoms with Crippen LogP contribution in [-0.2, 0) is 6.42 Å². The summed E-state index contributed by atoms with van der Waals surface area (Å²) in [6.45, 7) is 4.48. The van der Waals surface area contributed by atoms with Crippen LogP contribution in [0.15, 0.2) is 48.8 Å². The van der Waals surface area contributed by atoms with Gasteiger partial charge in [-0.25, -0.2) is 0 Å². The molecule has 23 heavy (non-hydrogen) atoms. The van der Waals surface area contributed by atoms with Gasteiger partial charge in [-0.05, 0) is 35.7 Å². The summed E-state index contributed by atoms with van der Waals surface area (Å²) in [5, 5.41) is 3.37. The highest BCUT2D eigenvalue weighted by atomic mass is 16.2.